The van der Waals surface area contributed by atoms with Crippen molar-refractivity contribution < 1.29 is 5.11 Å². The topological polar surface area (TPSA) is 56.7 Å². The number of hydrogen-bond acceptors (Lipinski definition) is 2. The van der Waals surface area contributed by atoms with Crippen LogP contribution in [0.1, 0.15) is 65.7 Å². The van der Waals surface area contributed by atoms with Crippen molar-refractivity contribution in [2.75, 3.05) is 6.54 Å². The van der Waals surface area contributed by atoms with Gasteiger partial charge in [0.05, 0.1) is 6.10 Å². The Balaban J connectivity index is 0.00000220. The monoisotopic (exact) mass is 409 g/mol. The summed E-state index contributed by atoms with van der Waals surface area (Å²) in [4.78, 5) is 4.60. The maximum Gasteiger partial charge on any atom is 0.191 e. The summed E-state index contributed by atoms with van der Waals surface area (Å²) in [7, 11) is 0. The minimum absolute atomic E-state index is 0. The molecule has 2 aliphatic rings. The summed E-state index contributed by atoms with van der Waals surface area (Å²) in [5.41, 5.74) is 0.360. The molecule has 0 amide bonds. The number of rotatable bonds is 3. The zero-order valence-electron chi connectivity index (χ0n) is 13.7. The van der Waals surface area contributed by atoms with Gasteiger partial charge in [-0.15, -0.1) is 24.0 Å². The van der Waals surface area contributed by atoms with Crippen molar-refractivity contribution >= 4 is 29.9 Å². The Bertz CT molecular complexity index is 338. The lowest BCUT2D eigenvalue weighted by atomic mass is 9.87. The van der Waals surface area contributed by atoms with Crippen LogP contribution in [-0.4, -0.2) is 35.8 Å². The first-order valence-corrected chi connectivity index (χ1v) is 8.27. The van der Waals surface area contributed by atoms with E-state index in [1.165, 1.54) is 19.3 Å². The van der Waals surface area contributed by atoms with Gasteiger partial charge in [-0.25, -0.2) is 0 Å². The van der Waals surface area contributed by atoms with E-state index in [2.05, 4.69) is 36.4 Å². The fourth-order valence-electron chi connectivity index (χ4n) is 3.46. The predicted molar refractivity (Wildman–Crippen MR) is 99.3 cm³/mol. The fraction of sp³-hybridized carbons (Fsp3) is 0.938. The molecule has 2 aliphatic carbocycles. The molecule has 1 atom stereocenters. The average Bonchev–Trinajstić information content (AvgIpc) is 2.72. The van der Waals surface area contributed by atoms with Crippen molar-refractivity contribution in [3.05, 3.63) is 0 Å². The van der Waals surface area contributed by atoms with Gasteiger partial charge < -0.3 is 15.7 Å². The molecule has 2 saturated carbocycles. The van der Waals surface area contributed by atoms with Crippen LogP contribution in [0.15, 0.2) is 4.99 Å². The summed E-state index contributed by atoms with van der Waals surface area (Å²) in [6, 6.07) is 0.982. The first-order chi connectivity index (χ1) is 9.51. The molecule has 0 radical (unpaired) electrons. The summed E-state index contributed by atoms with van der Waals surface area (Å²) in [5.74, 6) is 0.967. The van der Waals surface area contributed by atoms with Gasteiger partial charge in [0.25, 0.3) is 0 Å². The van der Waals surface area contributed by atoms with E-state index in [9.17, 15) is 5.11 Å². The van der Waals surface area contributed by atoms with Crippen molar-refractivity contribution in [2.45, 2.75) is 83.9 Å². The lowest BCUT2D eigenvalue weighted by molar-refractivity contribution is 0.120. The van der Waals surface area contributed by atoms with E-state index in [4.69, 9.17) is 0 Å². The number of nitrogens with zero attached hydrogens (tertiary/aromatic N) is 1. The molecular weight excluding hydrogens is 377 g/mol. The molecule has 0 bridgehead atoms. The third-order valence-electron chi connectivity index (χ3n) is 4.92. The van der Waals surface area contributed by atoms with Crippen LogP contribution >= 0.6 is 24.0 Å². The van der Waals surface area contributed by atoms with Crippen molar-refractivity contribution in [3.63, 3.8) is 0 Å². The maximum absolute atomic E-state index is 9.59. The van der Waals surface area contributed by atoms with Crippen molar-refractivity contribution in [2.24, 2.45) is 10.4 Å². The number of aliphatic hydroxyl groups is 1. The number of guanidine groups is 1. The third-order valence-corrected chi connectivity index (χ3v) is 4.92. The van der Waals surface area contributed by atoms with Gasteiger partial charge in [-0.1, -0.05) is 20.3 Å². The fourth-order valence-corrected chi connectivity index (χ4v) is 3.46. The van der Waals surface area contributed by atoms with Crippen LogP contribution in [-0.2, 0) is 0 Å². The zero-order valence-corrected chi connectivity index (χ0v) is 16.0. The molecule has 4 nitrogen and oxygen atoms in total. The van der Waals surface area contributed by atoms with Gasteiger partial charge in [0.1, 0.15) is 0 Å². The number of nitrogens with one attached hydrogen (secondary N) is 2. The van der Waals surface area contributed by atoms with Gasteiger partial charge in [0, 0.05) is 18.6 Å². The maximum atomic E-state index is 9.59. The normalized spacial score (nSPS) is 32.4. The molecule has 0 heterocycles. The van der Waals surface area contributed by atoms with Crippen LogP contribution in [0.3, 0.4) is 0 Å². The largest absolute Gasteiger partial charge is 0.393 e. The summed E-state index contributed by atoms with van der Waals surface area (Å²) in [5, 5.41) is 16.8. The molecule has 0 spiro atoms. The SMILES string of the molecule is CCN=C(NC1CCC(O)CC1)NC1CCCC1(C)C.I. The number of halogens is 1. The van der Waals surface area contributed by atoms with E-state index in [0.29, 0.717) is 17.5 Å². The molecule has 3 N–H and O–H groups in total. The first-order valence-electron chi connectivity index (χ1n) is 8.27. The van der Waals surface area contributed by atoms with Crippen LogP contribution in [0, 0.1) is 5.41 Å². The van der Waals surface area contributed by atoms with Crippen molar-refractivity contribution in [3.8, 4) is 0 Å². The third kappa shape index (κ3) is 5.58. The highest BCUT2D eigenvalue weighted by molar-refractivity contribution is 14.0. The molecular formula is C16H32IN3O. The Morgan fingerprint density at radius 1 is 1.14 bits per heavy atom. The van der Waals surface area contributed by atoms with Crippen LogP contribution in [0.25, 0.3) is 0 Å². The second kappa shape index (κ2) is 8.56. The van der Waals surface area contributed by atoms with Gasteiger partial charge in [0.2, 0.25) is 0 Å². The lowest BCUT2D eigenvalue weighted by Crippen LogP contribution is -2.51. The summed E-state index contributed by atoms with van der Waals surface area (Å²) >= 11 is 0. The number of aliphatic hydroxyl groups excluding tert-OH is 1. The highest BCUT2D eigenvalue weighted by Crippen LogP contribution is 2.37. The average molecular weight is 409 g/mol. The van der Waals surface area contributed by atoms with Gasteiger partial charge in [-0.2, -0.15) is 0 Å². The van der Waals surface area contributed by atoms with Gasteiger partial charge in [-0.05, 0) is 50.9 Å². The molecule has 2 rings (SSSR count). The molecule has 0 aromatic heterocycles. The Morgan fingerprint density at radius 3 is 2.33 bits per heavy atom. The zero-order chi connectivity index (χ0) is 14.6. The van der Waals surface area contributed by atoms with Gasteiger partial charge in [0.15, 0.2) is 5.96 Å². The van der Waals surface area contributed by atoms with Crippen LogP contribution in [0.4, 0.5) is 0 Å². The molecule has 0 aromatic carbocycles. The number of aliphatic imine (C=N–C) groups is 1. The smallest absolute Gasteiger partial charge is 0.191 e. The summed E-state index contributed by atoms with van der Waals surface area (Å²) in [6.45, 7) is 7.57. The minimum atomic E-state index is -0.0960. The minimum Gasteiger partial charge on any atom is -0.393 e. The van der Waals surface area contributed by atoms with E-state index in [1.54, 1.807) is 0 Å². The Hall–Kier alpha value is -0.0400. The second-order valence-electron chi connectivity index (χ2n) is 7.05. The van der Waals surface area contributed by atoms with Gasteiger partial charge >= 0.3 is 0 Å². The highest BCUT2D eigenvalue weighted by atomic mass is 127. The van der Waals surface area contributed by atoms with E-state index < -0.39 is 0 Å². The predicted octanol–water partition coefficient (Wildman–Crippen LogP) is 3.04. The van der Waals surface area contributed by atoms with Crippen molar-refractivity contribution in [1.29, 1.82) is 0 Å². The Kier molecular flexibility index (Phi) is 7.74. The van der Waals surface area contributed by atoms with E-state index >= 15 is 0 Å². The summed E-state index contributed by atoms with van der Waals surface area (Å²) in [6.07, 6.45) is 7.64. The molecule has 2 fully saturated rings. The quantitative estimate of drug-likeness (QED) is 0.382. The van der Waals surface area contributed by atoms with E-state index in [1.807, 2.05) is 0 Å². The molecule has 5 heteroatoms. The van der Waals surface area contributed by atoms with Crippen LogP contribution < -0.4 is 10.6 Å². The van der Waals surface area contributed by atoms with Crippen LogP contribution in [0.5, 0.6) is 0 Å². The highest BCUT2D eigenvalue weighted by Gasteiger charge is 2.35. The first kappa shape index (κ1) is 19.0. The van der Waals surface area contributed by atoms with Gasteiger partial charge in [-0.3, -0.25) is 4.99 Å². The summed E-state index contributed by atoms with van der Waals surface area (Å²) < 4.78 is 0. The number of hydrogen-bond donors (Lipinski definition) is 3. The van der Waals surface area contributed by atoms with Crippen LogP contribution in [0.2, 0.25) is 0 Å². The standard InChI is InChI=1S/C16H31N3O.HI/c1-4-17-15(18-12-7-9-13(20)10-8-12)19-14-6-5-11-16(14,2)3;/h12-14,20H,4-11H2,1-3H3,(H2,17,18,19);1H. The molecule has 0 saturated heterocycles. The molecule has 0 aliphatic heterocycles. The van der Waals surface area contributed by atoms with Crippen molar-refractivity contribution in [1.82, 2.24) is 10.6 Å². The Morgan fingerprint density at radius 2 is 1.81 bits per heavy atom. The second-order valence-corrected chi connectivity index (χ2v) is 7.05. The van der Waals surface area contributed by atoms with E-state index in [-0.39, 0.29) is 30.1 Å². The lowest BCUT2D eigenvalue weighted by Gasteiger charge is -2.32. The Labute approximate surface area is 146 Å². The van der Waals surface area contributed by atoms with E-state index in [0.717, 1.165) is 38.2 Å². The molecule has 21 heavy (non-hydrogen) atoms. The molecule has 0 aromatic rings. The molecule has 1 unspecified atom stereocenters. The molecule has 124 valence electrons.